The number of aryl methyl sites for hydroxylation is 1. The Kier molecular flexibility index (Phi) is 9.51. The third-order valence-corrected chi connectivity index (χ3v) is 4.90. The standard InChI is InChI=1S/C18H32N6O2.HI/c1-7-19-18(24-10-13(2)15(12-24)17(25)26-6)20-9-16(22(3)4)14-8-21-23(5)11-14;/h8,11,13,15-16H,7,9-10,12H2,1-6H3,(H,19,20);1H. The number of likely N-dealkylation sites (N-methyl/N-ethyl adjacent to an activating group) is 1. The number of methoxy groups -OCH3 is 1. The van der Waals surface area contributed by atoms with Crippen molar-refractivity contribution >= 4 is 35.9 Å². The van der Waals surface area contributed by atoms with Crippen molar-refractivity contribution in [2.24, 2.45) is 23.9 Å². The Morgan fingerprint density at radius 3 is 2.70 bits per heavy atom. The SMILES string of the molecule is CCNC(=NCC(c1cnn(C)c1)N(C)C)N1CC(C)C(C(=O)OC)C1.I. The second-order valence-electron chi connectivity index (χ2n) is 7.13. The lowest BCUT2D eigenvalue weighted by Gasteiger charge is -2.25. The van der Waals surface area contributed by atoms with Crippen molar-refractivity contribution in [1.82, 2.24) is 24.9 Å². The fraction of sp³-hybridized carbons (Fsp3) is 0.722. The third kappa shape index (κ3) is 6.06. The highest BCUT2D eigenvalue weighted by molar-refractivity contribution is 14.0. The summed E-state index contributed by atoms with van der Waals surface area (Å²) in [4.78, 5) is 21.1. The summed E-state index contributed by atoms with van der Waals surface area (Å²) in [5.74, 6) is 0.847. The van der Waals surface area contributed by atoms with Gasteiger partial charge < -0.3 is 19.9 Å². The van der Waals surface area contributed by atoms with Gasteiger partial charge in [0.05, 0.1) is 31.8 Å². The van der Waals surface area contributed by atoms with E-state index in [1.807, 2.05) is 38.2 Å². The predicted molar refractivity (Wildman–Crippen MR) is 117 cm³/mol. The van der Waals surface area contributed by atoms with Crippen LogP contribution in [0.5, 0.6) is 0 Å². The van der Waals surface area contributed by atoms with Crippen molar-refractivity contribution in [2.75, 3.05) is 47.4 Å². The summed E-state index contributed by atoms with van der Waals surface area (Å²) >= 11 is 0. The smallest absolute Gasteiger partial charge is 0.310 e. The number of halogens is 1. The van der Waals surface area contributed by atoms with Crippen LogP contribution in [0, 0.1) is 11.8 Å². The average molecular weight is 492 g/mol. The lowest BCUT2D eigenvalue weighted by molar-refractivity contribution is -0.145. The van der Waals surface area contributed by atoms with Crippen LogP contribution in [0.25, 0.3) is 0 Å². The van der Waals surface area contributed by atoms with Crippen LogP contribution in [0.3, 0.4) is 0 Å². The maximum absolute atomic E-state index is 12.0. The van der Waals surface area contributed by atoms with Gasteiger partial charge in [0.1, 0.15) is 0 Å². The van der Waals surface area contributed by atoms with Gasteiger partial charge in [0.2, 0.25) is 0 Å². The molecular formula is C18H33IN6O2. The van der Waals surface area contributed by atoms with Crippen LogP contribution in [0.1, 0.15) is 25.5 Å². The summed E-state index contributed by atoms with van der Waals surface area (Å²) in [6.45, 7) is 6.98. The lowest BCUT2D eigenvalue weighted by Crippen LogP contribution is -2.41. The van der Waals surface area contributed by atoms with Gasteiger partial charge >= 0.3 is 5.97 Å². The molecule has 0 spiro atoms. The summed E-state index contributed by atoms with van der Waals surface area (Å²) in [5.41, 5.74) is 1.14. The Hall–Kier alpha value is -1.36. The van der Waals surface area contributed by atoms with E-state index in [4.69, 9.17) is 9.73 Å². The number of ether oxygens (including phenoxy) is 1. The monoisotopic (exact) mass is 492 g/mol. The molecule has 0 aromatic carbocycles. The number of nitrogens with one attached hydrogen (secondary N) is 1. The number of carbonyl (C=O) groups excluding carboxylic acids is 1. The van der Waals surface area contributed by atoms with Crippen molar-refractivity contribution in [3.05, 3.63) is 18.0 Å². The van der Waals surface area contributed by atoms with Crippen molar-refractivity contribution < 1.29 is 9.53 Å². The molecule has 9 heteroatoms. The molecule has 2 rings (SSSR count). The number of likely N-dealkylation sites (tertiary alicyclic amines) is 1. The number of aromatic nitrogens is 2. The van der Waals surface area contributed by atoms with Crippen molar-refractivity contribution in [2.45, 2.75) is 19.9 Å². The predicted octanol–water partition coefficient (Wildman–Crippen LogP) is 1.35. The van der Waals surface area contributed by atoms with Gasteiger partial charge in [0.25, 0.3) is 0 Å². The summed E-state index contributed by atoms with van der Waals surface area (Å²) in [6, 6.07) is 0.147. The Morgan fingerprint density at radius 2 is 2.19 bits per heavy atom. The molecule has 27 heavy (non-hydrogen) atoms. The number of hydrogen-bond donors (Lipinski definition) is 1. The minimum absolute atomic E-state index is 0. The minimum Gasteiger partial charge on any atom is -0.469 e. The van der Waals surface area contributed by atoms with Gasteiger partial charge in [0, 0.05) is 38.4 Å². The number of rotatable bonds is 6. The van der Waals surface area contributed by atoms with Crippen LogP contribution in [0.2, 0.25) is 0 Å². The largest absolute Gasteiger partial charge is 0.469 e. The second kappa shape index (κ2) is 10.8. The van der Waals surface area contributed by atoms with E-state index < -0.39 is 0 Å². The van der Waals surface area contributed by atoms with Crippen molar-refractivity contribution in [1.29, 1.82) is 0 Å². The fourth-order valence-corrected chi connectivity index (χ4v) is 3.38. The van der Waals surface area contributed by atoms with Crippen molar-refractivity contribution in [3.8, 4) is 0 Å². The molecule has 0 bridgehead atoms. The van der Waals surface area contributed by atoms with Gasteiger partial charge in [-0.3, -0.25) is 14.5 Å². The molecule has 1 fully saturated rings. The molecule has 154 valence electrons. The highest BCUT2D eigenvalue weighted by atomic mass is 127. The van der Waals surface area contributed by atoms with Gasteiger partial charge in [-0.25, -0.2) is 0 Å². The first kappa shape index (κ1) is 23.7. The van der Waals surface area contributed by atoms with E-state index in [1.54, 1.807) is 0 Å². The number of hydrogen-bond acceptors (Lipinski definition) is 5. The molecule has 0 radical (unpaired) electrons. The molecule has 0 amide bonds. The third-order valence-electron chi connectivity index (χ3n) is 4.90. The first-order valence-electron chi connectivity index (χ1n) is 9.13. The zero-order valence-corrected chi connectivity index (χ0v) is 19.5. The van der Waals surface area contributed by atoms with Gasteiger partial charge in [-0.1, -0.05) is 6.92 Å². The van der Waals surface area contributed by atoms with Crippen LogP contribution in [0.4, 0.5) is 0 Å². The maximum atomic E-state index is 12.0. The second-order valence-corrected chi connectivity index (χ2v) is 7.13. The molecule has 1 aromatic heterocycles. The van der Waals surface area contributed by atoms with E-state index in [0.717, 1.165) is 24.6 Å². The van der Waals surface area contributed by atoms with Gasteiger partial charge in [-0.2, -0.15) is 5.10 Å². The Morgan fingerprint density at radius 1 is 1.48 bits per heavy atom. The summed E-state index contributed by atoms with van der Waals surface area (Å²) in [6.07, 6.45) is 3.91. The zero-order chi connectivity index (χ0) is 19.3. The quantitative estimate of drug-likeness (QED) is 0.280. The first-order valence-corrected chi connectivity index (χ1v) is 9.13. The molecular weight excluding hydrogens is 459 g/mol. The van der Waals surface area contributed by atoms with Crippen molar-refractivity contribution in [3.63, 3.8) is 0 Å². The van der Waals surface area contributed by atoms with Crippen LogP contribution < -0.4 is 5.32 Å². The van der Waals surface area contributed by atoms with Gasteiger partial charge in [-0.15, -0.1) is 24.0 Å². The number of carbonyl (C=O) groups is 1. The van der Waals surface area contributed by atoms with Crippen LogP contribution >= 0.6 is 24.0 Å². The summed E-state index contributed by atoms with van der Waals surface area (Å²) in [5, 5.41) is 7.63. The fourth-order valence-electron chi connectivity index (χ4n) is 3.38. The van der Waals surface area contributed by atoms with E-state index in [2.05, 4.69) is 34.1 Å². The normalized spacial score (nSPS) is 21.1. The van der Waals surface area contributed by atoms with E-state index >= 15 is 0 Å². The van der Waals surface area contributed by atoms with E-state index in [1.165, 1.54) is 7.11 Å². The molecule has 3 atom stereocenters. The van der Waals surface area contributed by atoms with Crippen LogP contribution in [-0.2, 0) is 16.6 Å². The Balaban J connectivity index is 0.00000364. The zero-order valence-electron chi connectivity index (χ0n) is 17.2. The van der Waals surface area contributed by atoms with Gasteiger partial charge in [-0.05, 0) is 26.9 Å². The molecule has 1 saturated heterocycles. The summed E-state index contributed by atoms with van der Waals surface area (Å²) < 4.78 is 6.75. The van der Waals surface area contributed by atoms with E-state index in [-0.39, 0.29) is 47.8 Å². The highest BCUT2D eigenvalue weighted by Crippen LogP contribution is 2.24. The number of nitrogens with zero attached hydrogens (tertiary/aromatic N) is 5. The molecule has 1 aromatic rings. The molecule has 1 N–H and O–H groups in total. The van der Waals surface area contributed by atoms with Gasteiger partial charge in [0.15, 0.2) is 5.96 Å². The highest BCUT2D eigenvalue weighted by Gasteiger charge is 2.37. The molecule has 3 unspecified atom stereocenters. The van der Waals surface area contributed by atoms with E-state index in [0.29, 0.717) is 13.1 Å². The first-order chi connectivity index (χ1) is 12.4. The Labute approximate surface area is 179 Å². The average Bonchev–Trinajstić information content (AvgIpc) is 3.19. The Bertz CT molecular complexity index is 633. The molecule has 1 aliphatic heterocycles. The molecule has 8 nitrogen and oxygen atoms in total. The molecule has 0 aliphatic carbocycles. The number of aliphatic imine (C=N–C) groups is 1. The lowest BCUT2D eigenvalue weighted by atomic mass is 9.99. The maximum Gasteiger partial charge on any atom is 0.310 e. The van der Waals surface area contributed by atoms with Crippen LogP contribution in [-0.4, -0.2) is 78.9 Å². The van der Waals surface area contributed by atoms with E-state index in [9.17, 15) is 4.79 Å². The molecule has 0 saturated carbocycles. The minimum atomic E-state index is -0.141. The summed E-state index contributed by atoms with van der Waals surface area (Å²) in [7, 11) is 7.46. The number of esters is 1. The molecule has 1 aliphatic rings. The molecule has 2 heterocycles. The number of guanidine groups is 1. The van der Waals surface area contributed by atoms with Crippen LogP contribution in [0.15, 0.2) is 17.4 Å². The topological polar surface area (TPSA) is 75.0 Å².